The molecule has 3 rings (SSSR count). The number of rotatable bonds is 3. The summed E-state index contributed by atoms with van der Waals surface area (Å²) in [5.41, 5.74) is 13.0. The molecule has 0 spiro atoms. The van der Waals surface area contributed by atoms with Crippen LogP contribution >= 0.6 is 0 Å². The summed E-state index contributed by atoms with van der Waals surface area (Å²) in [6.07, 6.45) is 1.52. The highest BCUT2D eigenvalue weighted by Gasteiger charge is 2.05. The molecule has 0 radical (unpaired) electrons. The van der Waals surface area contributed by atoms with Gasteiger partial charge in [0.2, 0.25) is 0 Å². The van der Waals surface area contributed by atoms with Crippen LogP contribution in [0, 0.1) is 0 Å². The molecule has 2 aromatic carbocycles. The summed E-state index contributed by atoms with van der Waals surface area (Å²) >= 11 is 0. The zero-order valence-corrected chi connectivity index (χ0v) is 11.6. The maximum absolute atomic E-state index is 11.0. The third-order valence-corrected chi connectivity index (χ3v) is 3.08. The lowest BCUT2D eigenvalue weighted by atomic mass is 10.1. The monoisotopic (exact) mass is 294 g/mol. The van der Waals surface area contributed by atoms with Gasteiger partial charge in [0.05, 0.1) is 5.69 Å². The van der Waals surface area contributed by atoms with Crippen molar-refractivity contribution >= 4 is 11.7 Å². The second-order valence-corrected chi connectivity index (χ2v) is 4.68. The number of primary amides is 1. The molecule has 6 nitrogen and oxygen atoms in total. The molecule has 0 aliphatic heterocycles. The van der Waals surface area contributed by atoms with Crippen molar-refractivity contribution in [3.63, 3.8) is 0 Å². The van der Waals surface area contributed by atoms with Gasteiger partial charge < -0.3 is 16.2 Å². The van der Waals surface area contributed by atoms with Crippen LogP contribution in [0.15, 0.2) is 60.8 Å². The Hall–Kier alpha value is -3.28. The van der Waals surface area contributed by atoms with Crippen molar-refractivity contribution in [2.24, 2.45) is 5.73 Å². The topological polar surface area (TPSA) is 96.2 Å². The number of ether oxygens (including phenoxy) is 1. The predicted molar refractivity (Wildman–Crippen MR) is 83.6 cm³/mol. The van der Waals surface area contributed by atoms with Crippen molar-refractivity contribution in [1.29, 1.82) is 0 Å². The molecule has 0 aliphatic rings. The van der Waals surface area contributed by atoms with Crippen LogP contribution in [0.3, 0.4) is 0 Å². The lowest BCUT2D eigenvalue weighted by Crippen LogP contribution is -2.19. The minimum Gasteiger partial charge on any atom is -0.457 e. The Kier molecular flexibility index (Phi) is 3.49. The third-order valence-electron chi connectivity index (χ3n) is 3.08. The van der Waals surface area contributed by atoms with Crippen molar-refractivity contribution in [1.82, 2.24) is 9.78 Å². The maximum atomic E-state index is 11.0. The molecule has 110 valence electrons. The van der Waals surface area contributed by atoms with Crippen LogP contribution in [0.25, 0.3) is 11.3 Å². The van der Waals surface area contributed by atoms with E-state index in [-0.39, 0.29) is 0 Å². The number of amides is 1. The second kappa shape index (κ2) is 5.61. The Labute approximate surface area is 126 Å². The van der Waals surface area contributed by atoms with E-state index in [9.17, 15) is 4.79 Å². The Bertz CT molecular complexity index is 792. The van der Waals surface area contributed by atoms with Crippen molar-refractivity contribution < 1.29 is 9.53 Å². The molecule has 22 heavy (non-hydrogen) atoms. The van der Waals surface area contributed by atoms with E-state index in [0.717, 1.165) is 10.2 Å². The predicted octanol–water partition coefficient (Wildman–Crippen LogP) is 2.85. The summed E-state index contributed by atoms with van der Waals surface area (Å²) in [4.78, 5) is 11.0. The smallest absolute Gasteiger partial charge is 0.339 e. The van der Waals surface area contributed by atoms with E-state index in [0.29, 0.717) is 22.9 Å². The average Bonchev–Trinajstić information content (AvgIpc) is 3.00. The summed E-state index contributed by atoms with van der Waals surface area (Å²) in [6.45, 7) is 0. The van der Waals surface area contributed by atoms with Gasteiger partial charge in [0.15, 0.2) is 0 Å². The van der Waals surface area contributed by atoms with E-state index in [4.69, 9.17) is 16.2 Å². The summed E-state index contributed by atoms with van der Waals surface area (Å²) < 4.78 is 6.80. The van der Waals surface area contributed by atoms with Crippen LogP contribution < -0.4 is 16.2 Å². The van der Waals surface area contributed by atoms with Gasteiger partial charge in [-0.15, -0.1) is 0 Å². The zero-order valence-electron chi connectivity index (χ0n) is 11.6. The minimum absolute atomic E-state index is 0.616. The van der Waals surface area contributed by atoms with Crippen molar-refractivity contribution in [2.45, 2.75) is 0 Å². The van der Waals surface area contributed by atoms with E-state index < -0.39 is 6.03 Å². The van der Waals surface area contributed by atoms with Gasteiger partial charge in [-0.1, -0.05) is 0 Å². The fraction of sp³-hybridized carbons (Fsp3) is 0. The van der Waals surface area contributed by atoms with Crippen LogP contribution in [-0.4, -0.2) is 15.8 Å². The van der Waals surface area contributed by atoms with E-state index in [1.807, 2.05) is 24.3 Å². The number of hydrogen-bond donors (Lipinski definition) is 2. The first-order valence-electron chi connectivity index (χ1n) is 6.61. The molecule has 1 heterocycles. The highest BCUT2D eigenvalue weighted by atomic mass is 16.5. The van der Waals surface area contributed by atoms with E-state index in [1.165, 1.54) is 6.20 Å². The average molecular weight is 294 g/mol. The molecule has 0 atom stereocenters. The van der Waals surface area contributed by atoms with Gasteiger partial charge in [-0.2, -0.15) is 9.78 Å². The Morgan fingerprint density at radius 2 is 1.55 bits per heavy atom. The van der Waals surface area contributed by atoms with E-state index in [2.05, 4.69) is 5.10 Å². The molecular formula is C16H14N4O2. The molecule has 0 fully saturated rings. The van der Waals surface area contributed by atoms with Gasteiger partial charge in [0, 0.05) is 17.4 Å². The fourth-order valence-corrected chi connectivity index (χ4v) is 1.97. The molecule has 0 aliphatic carbocycles. The standard InChI is InChI=1S/C16H14N4O2/c17-12-3-7-14(8-4-12)22-13-5-1-11(2-6-13)15-9-10-20(19-15)16(18)21/h1-10H,17H2,(H2,18,21). The summed E-state index contributed by atoms with van der Waals surface area (Å²) in [7, 11) is 0. The number of hydrogen-bond acceptors (Lipinski definition) is 4. The normalized spacial score (nSPS) is 10.4. The van der Waals surface area contributed by atoms with Gasteiger partial charge in [-0.3, -0.25) is 0 Å². The van der Waals surface area contributed by atoms with Gasteiger partial charge in [0.1, 0.15) is 11.5 Å². The molecule has 1 aromatic heterocycles. The van der Waals surface area contributed by atoms with Gasteiger partial charge in [0.25, 0.3) is 0 Å². The number of nitrogens with zero attached hydrogens (tertiary/aromatic N) is 2. The van der Waals surface area contributed by atoms with Crippen molar-refractivity contribution in [3.05, 3.63) is 60.8 Å². The first-order valence-corrected chi connectivity index (χ1v) is 6.61. The minimum atomic E-state index is -0.616. The molecule has 0 saturated carbocycles. The Morgan fingerprint density at radius 3 is 2.09 bits per heavy atom. The van der Waals surface area contributed by atoms with E-state index >= 15 is 0 Å². The summed E-state index contributed by atoms with van der Waals surface area (Å²) in [5, 5.41) is 4.09. The number of nitrogen functional groups attached to an aromatic ring is 1. The summed E-state index contributed by atoms with van der Waals surface area (Å²) in [6, 6.07) is 15.6. The van der Waals surface area contributed by atoms with Crippen LogP contribution in [0.1, 0.15) is 0 Å². The first-order chi connectivity index (χ1) is 10.6. The maximum Gasteiger partial charge on any atom is 0.339 e. The van der Waals surface area contributed by atoms with Crippen molar-refractivity contribution in [2.75, 3.05) is 5.73 Å². The largest absolute Gasteiger partial charge is 0.457 e. The van der Waals surface area contributed by atoms with Crippen LogP contribution in [0.2, 0.25) is 0 Å². The lowest BCUT2D eigenvalue weighted by molar-refractivity contribution is 0.248. The lowest BCUT2D eigenvalue weighted by Gasteiger charge is -2.06. The van der Waals surface area contributed by atoms with Crippen LogP contribution in [0.5, 0.6) is 11.5 Å². The Morgan fingerprint density at radius 1 is 0.955 bits per heavy atom. The van der Waals surface area contributed by atoms with Gasteiger partial charge in [-0.25, -0.2) is 4.79 Å². The second-order valence-electron chi connectivity index (χ2n) is 4.68. The molecule has 0 bridgehead atoms. The highest BCUT2D eigenvalue weighted by Crippen LogP contribution is 2.25. The van der Waals surface area contributed by atoms with Crippen LogP contribution in [0.4, 0.5) is 10.5 Å². The quantitative estimate of drug-likeness (QED) is 0.726. The number of carbonyl (C=O) groups is 1. The molecule has 4 N–H and O–H groups in total. The molecule has 3 aromatic rings. The fourth-order valence-electron chi connectivity index (χ4n) is 1.97. The van der Waals surface area contributed by atoms with E-state index in [1.54, 1.807) is 30.3 Å². The van der Waals surface area contributed by atoms with Gasteiger partial charge in [-0.05, 0) is 54.6 Å². The first kappa shape index (κ1) is 13.7. The molecule has 0 unspecified atom stereocenters. The molecule has 6 heteroatoms. The number of benzene rings is 2. The number of nitrogens with two attached hydrogens (primary N) is 2. The summed E-state index contributed by atoms with van der Waals surface area (Å²) in [5.74, 6) is 1.41. The zero-order chi connectivity index (χ0) is 15.5. The number of aromatic nitrogens is 2. The highest BCUT2D eigenvalue weighted by molar-refractivity contribution is 5.74. The van der Waals surface area contributed by atoms with Gasteiger partial charge >= 0.3 is 6.03 Å². The molecule has 1 amide bonds. The number of anilines is 1. The molecular weight excluding hydrogens is 280 g/mol. The SMILES string of the molecule is NC(=O)n1ccc(-c2ccc(Oc3ccc(N)cc3)cc2)n1. The third kappa shape index (κ3) is 2.90. The van der Waals surface area contributed by atoms with Crippen LogP contribution in [-0.2, 0) is 0 Å². The molecule has 0 saturated heterocycles. The van der Waals surface area contributed by atoms with Crippen molar-refractivity contribution in [3.8, 4) is 22.8 Å². The Balaban J connectivity index is 1.77. The number of carbonyl (C=O) groups excluding carboxylic acids is 1.